The summed E-state index contributed by atoms with van der Waals surface area (Å²) in [6.07, 6.45) is 3.11. The third-order valence-electron chi connectivity index (χ3n) is 3.82. The molecule has 2 rings (SSSR count). The van der Waals surface area contributed by atoms with Crippen LogP contribution in [0.25, 0.3) is 0 Å². The SMILES string of the molecule is CCC.COC=O.Cc1cccc(C)c1N1CC(CC(C)C)CC1=O. The van der Waals surface area contributed by atoms with E-state index in [1.165, 1.54) is 24.7 Å². The molecule has 1 fully saturated rings. The highest BCUT2D eigenvalue weighted by Crippen LogP contribution is 2.32. The van der Waals surface area contributed by atoms with Crippen LogP contribution in [0, 0.1) is 25.7 Å². The summed E-state index contributed by atoms with van der Waals surface area (Å²) in [5, 5.41) is 0. The monoisotopic (exact) mass is 349 g/mol. The third kappa shape index (κ3) is 8.19. The molecule has 1 unspecified atom stereocenters. The van der Waals surface area contributed by atoms with E-state index in [2.05, 4.69) is 64.5 Å². The van der Waals surface area contributed by atoms with Gasteiger partial charge in [0.1, 0.15) is 0 Å². The number of ether oxygens (including phenoxy) is 1. The minimum absolute atomic E-state index is 0.290. The van der Waals surface area contributed by atoms with E-state index in [9.17, 15) is 4.79 Å². The molecule has 25 heavy (non-hydrogen) atoms. The average Bonchev–Trinajstić information content (AvgIpc) is 2.87. The minimum Gasteiger partial charge on any atom is -0.471 e. The molecular weight excluding hydrogens is 314 g/mol. The Morgan fingerprint density at radius 3 is 2.12 bits per heavy atom. The summed E-state index contributed by atoms with van der Waals surface area (Å²) in [5.41, 5.74) is 3.54. The number of nitrogens with zero attached hydrogens (tertiary/aromatic N) is 1. The molecule has 1 aromatic carbocycles. The van der Waals surface area contributed by atoms with Gasteiger partial charge in [-0.3, -0.25) is 9.59 Å². The maximum Gasteiger partial charge on any atom is 0.292 e. The lowest BCUT2D eigenvalue weighted by Gasteiger charge is -2.22. The maximum atomic E-state index is 12.2. The van der Waals surface area contributed by atoms with Crippen LogP contribution in [0.2, 0.25) is 0 Å². The van der Waals surface area contributed by atoms with Crippen molar-refractivity contribution in [3.8, 4) is 0 Å². The summed E-state index contributed by atoms with van der Waals surface area (Å²) < 4.78 is 3.86. The van der Waals surface area contributed by atoms with Crippen molar-refractivity contribution in [2.24, 2.45) is 11.8 Å². The zero-order valence-electron chi connectivity index (χ0n) is 17.0. The van der Waals surface area contributed by atoms with Gasteiger partial charge in [-0.2, -0.15) is 0 Å². The van der Waals surface area contributed by atoms with Crippen molar-refractivity contribution < 1.29 is 14.3 Å². The zero-order chi connectivity index (χ0) is 19.4. The van der Waals surface area contributed by atoms with E-state index in [-0.39, 0.29) is 5.91 Å². The molecule has 0 N–H and O–H groups in total. The van der Waals surface area contributed by atoms with Crippen molar-refractivity contribution in [2.75, 3.05) is 18.6 Å². The van der Waals surface area contributed by atoms with Gasteiger partial charge in [-0.25, -0.2) is 0 Å². The van der Waals surface area contributed by atoms with E-state index in [0.29, 0.717) is 24.7 Å². The Kier molecular flexibility index (Phi) is 11.6. The Morgan fingerprint density at radius 1 is 1.24 bits per heavy atom. The van der Waals surface area contributed by atoms with E-state index in [1.54, 1.807) is 0 Å². The van der Waals surface area contributed by atoms with Crippen molar-refractivity contribution in [3.05, 3.63) is 29.3 Å². The highest BCUT2D eigenvalue weighted by atomic mass is 16.5. The number of anilines is 1. The highest BCUT2D eigenvalue weighted by molar-refractivity contribution is 5.97. The number of carbonyl (C=O) groups is 2. The zero-order valence-corrected chi connectivity index (χ0v) is 17.0. The van der Waals surface area contributed by atoms with Gasteiger partial charge >= 0.3 is 0 Å². The van der Waals surface area contributed by atoms with Crippen molar-refractivity contribution in [1.29, 1.82) is 0 Å². The second-order valence-corrected chi connectivity index (χ2v) is 6.98. The molecule has 1 aromatic rings. The summed E-state index contributed by atoms with van der Waals surface area (Å²) in [7, 11) is 1.31. The first-order valence-electron chi connectivity index (χ1n) is 9.15. The fraction of sp³-hybridized carbons (Fsp3) is 0.619. The predicted octanol–water partition coefficient (Wildman–Crippen LogP) is 4.91. The van der Waals surface area contributed by atoms with Crippen LogP contribution >= 0.6 is 0 Å². The van der Waals surface area contributed by atoms with Crippen LogP contribution in [0.3, 0.4) is 0 Å². The Labute approximate surface area is 153 Å². The molecule has 1 amide bonds. The van der Waals surface area contributed by atoms with Gasteiger partial charge in [0.15, 0.2) is 0 Å². The van der Waals surface area contributed by atoms with Gasteiger partial charge in [0.25, 0.3) is 6.47 Å². The van der Waals surface area contributed by atoms with Gasteiger partial charge in [-0.05, 0) is 43.2 Å². The Morgan fingerprint density at radius 2 is 1.72 bits per heavy atom. The predicted molar refractivity (Wildman–Crippen MR) is 105 cm³/mol. The largest absolute Gasteiger partial charge is 0.471 e. The van der Waals surface area contributed by atoms with Crippen LogP contribution in [0.4, 0.5) is 5.69 Å². The number of hydrogen-bond donors (Lipinski definition) is 0. The average molecular weight is 350 g/mol. The summed E-state index contributed by atoms with van der Waals surface area (Å²) in [6.45, 7) is 14.2. The first-order valence-corrected chi connectivity index (χ1v) is 9.15. The summed E-state index contributed by atoms with van der Waals surface area (Å²) in [6, 6.07) is 6.23. The first kappa shape index (κ1) is 23.2. The van der Waals surface area contributed by atoms with Gasteiger partial charge in [0, 0.05) is 18.7 Å². The highest BCUT2D eigenvalue weighted by Gasteiger charge is 2.32. The Hall–Kier alpha value is -1.84. The maximum absolute atomic E-state index is 12.2. The molecule has 4 heteroatoms. The molecular formula is C21H35NO3. The van der Waals surface area contributed by atoms with Crippen LogP contribution in [-0.2, 0) is 14.3 Å². The molecule has 1 aliphatic rings. The van der Waals surface area contributed by atoms with Crippen LogP contribution in [0.5, 0.6) is 0 Å². The van der Waals surface area contributed by atoms with Gasteiger partial charge in [0.2, 0.25) is 5.91 Å². The summed E-state index contributed by atoms with van der Waals surface area (Å²) in [4.78, 5) is 23.1. The number of benzene rings is 1. The molecule has 1 saturated heterocycles. The number of carbonyl (C=O) groups excluding carboxylic acids is 2. The molecule has 1 heterocycles. The topological polar surface area (TPSA) is 46.6 Å². The molecule has 0 spiro atoms. The molecule has 142 valence electrons. The molecule has 1 atom stereocenters. The van der Waals surface area contributed by atoms with E-state index in [1.807, 2.05) is 4.90 Å². The van der Waals surface area contributed by atoms with Crippen LogP contribution in [-0.4, -0.2) is 26.0 Å². The van der Waals surface area contributed by atoms with Gasteiger partial charge in [-0.1, -0.05) is 52.3 Å². The van der Waals surface area contributed by atoms with E-state index < -0.39 is 0 Å². The Bertz CT molecular complexity index is 506. The molecule has 0 bridgehead atoms. The van der Waals surface area contributed by atoms with Gasteiger partial charge < -0.3 is 9.64 Å². The van der Waals surface area contributed by atoms with Gasteiger partial charge in [0.05, 0.1) is 7.11 Å². The summed E-state index contributed by atoms with van der Waals surface area (Å²) in [5.74, 6) is 1.48. The fourth-order valence-corrected chi connectivity index (χ4v) is 3.05. The number of para-hydroxylation sites is 1. The normalized spacial score (nSPS) is 15.9. The van der Waals surface area contributed by atoms with E-state index in [0.717, 1.165) is 18.7 Å². The van der Waals surface area contributed by atoms with Gasteiger partial charge in [-0.15, -0.1) is 0 Å². The van der Waals surface area contributed by atoms with Crippen molar-refractivity contribution in [2.45, 2.75) is 60.8 Å². The van der Waals surface area contributed by atoms with Crippen LogP contribution in [0.15, 0.2) is 18.2 Å². The first-order chi connectivity index (χ1) is 11.8. The molecule has 0 saturated carbocycles. The standard InChI is InChI=1S/C16H23NO.C3H8.C2H4O2/c1-11(2)8-14-9-15(18)17(10-14)16-12(3)6-5-7-13(16)4;1-3-2;1-4-2-3/h5-7,11,14H,8-10H2,1-4H3;3H2,1-2H3;2H,1H3. The molecule has 4 nitrogen and oxygen atoms in total. The van der Waals surface area contributed by atoms with Crippen LogP contribution < -0.4 is 4.90 Å². The number of hydrogen-bond acceptors (Lipinski definition) is 3. The molecule has 0 radical (unpaired) electrons. The smallest absolute Gasteiger partial charge is 0.292 e. The molecule has 0 aromatic heterocycles. The quantitative estimate of drug-likeness (QED) is 0.726. The second-order valence-electron chi connectivity index (χ2n) is 6.98. The Balaban J connectivity index is 0.000000708. The molecule has 1 aliphatic heterocycles. The summed E-state index contributed by atoms with van der Waals surface area (Å²) >= 11 is 0. The fourth-order valence-electron chi connectivity index (χ4n) is 3.05. The number of amides is 1. The third-order valence-corrected chi connectivity index (χ3v) is 3.82. The van der Waals surface area contributed by atoms with Crippen molar-refractivity contribution >= 4 is 18.1 Å². The lowest BCUT2D eigenvalue weighted by molar-refractivity contribution is -0.126. The minimum atomic E-state index is 0.290. The number of aryl methyl sites for hydroxylation is 2. The molecule has 0 aliphatic carbocycles. The number of rotatable bonds is 4. The van der Waals surface area contributed by atoms with Crippen LogP contribution in [0.1, 0.15) is 58.1 Å². The second kappa shape index (κ2) is 12.5. The van der Waals surface area contributed by atoms with Crippen molar-refractivity contribution in [1.82, 2.24) is 0 Å². The van der Waals surface area contributed by atoms with Crippen molar-refractivity contribution in [3.63, 3.8) is 0 Å². The lowest BCUT2D eigenvalue weighted by atomic mass is 9.96. The number of methoxy groups -OCH3 is 1. The van der Waals surface area contributed by atoms with E-state index in [4.69, 9.17) is 4.79 Å². The lowest BCUT2D eigenvalue weighted by Crippen LogP contribution is -2.26. The van der Waals surface area contributed by atoms with E-state index >= 15 is 0 Å².